The Bertz CT molecular complexity index is 2090. The van der Waals surface area contributed by atoms with Crippen molar-refractivity contribution in [1.29, 1.82) is 0 Å². The van der Waals surface area contributed by atoms with Gasteiger partial charge in [0.05, 0.1) is 31.5 Å². The van der Waals surface area contributed by atoms with E-state index < -0.39 is 17.2 Å². The zero-order valence-electron chi connectivity index (χ0n) is 31.2. The van der Waals surface area contributed by atoms with Crippen LogP contribution < -0.4 is 14.4 Å². The van der Waals surface area contributed by atoms with E-state index in [9.17, 15) is 10.2 Å². The number of nitrogens with zero attached hydrogens (tertiary/aromatic N) is 5. The van der Waals surface area contributed by atoms with Gasteiger partial charge in [-0.05, 0) is 94.3 Å². The molecule has 4 fully saturated rings. The highest BCUT2D eigenvalue weighted by Gasteiger charge is 2.51. The Morgan fingerprint density at radius 3 is 2.57 bits per heavy atom. The molecule has 4 aromatic rings. The van der Waals surface area contributed by atoms with Crippen molar-refractivity contribution < 1.29 is 33.2 Å². The lowest BCUT2D eigenvalue weighted by molar-refractivity contribution is -0.0635. The number of fused-ring (bicyclic) bond motifs is 3. The molecular formula is C42H49F2N5O5. The van der Waals surface area contributed by atoms with Gasteiger partial charge in [0.15, 0.2) is 5.82 Å². The van der Waals surface area contributed by atoms with E-state index in [0.717, 1.165) is 77.2 Å². The predicted molar refractivity (Wildman–Crippen MR) is 203 cm³/mol. The van der Waals surface area contributed by atoms with Crippen molar-refractivity contribution in [1.82, 2.24) is 19.9 Å². The maximum atomic E-state index is 17.3. The van der Waals surface area contributed by atoms with Crippen LogP contribution >= 0.6 is 0 Å². The lowest BCUT2D eigenvalue weighted by Gasteiger charge is -2.51. The van der Waals surface area contributed by atoms with E-state index in [1.165, 1.54) is 31.4 Å². The Hall–Kier alpha value is -4.31. The van der Waals surface area contributed by atoms with Gasteiger partial charge in [-0.3, -0.25) is 4.90 Å². The number of terminal acetylenes is 1. The van der Waals surface area contributed by atoms with E-state index in [1.807, 2.05) is 4.90 Å². The first-order chi connectivity index (χ1) is 26.2. The average Bonchev–Trinajstić information content (AvgIpc) is 3.43. The number of aromatic hydroxyl groups is 1. The van der Waals surface area contributed by atoms with Gasteiger partial charge in [0, 0.05) is 48.1 Å². The number of aliphatic hydroxyl groups is 1. The highest BCUT2D eigenvalue weighted by molar-refractivity contribution is 6.04. The summed E-state index contributed by atoms with van der Waals surface area (Å²) in [6.45, 7) is 5.69. The Kier molecular flexibility index (Phi) is 10.0. The van der Waals surface area contributed by atoms with Crippen LogP contribution in [-0.2, 0) is 4.74 Å². The van der Waals surface area contributed by atoms with Crippen LogP contribution in [0.5, 0.6) is 17.6 Å². The van der Waals surface area contributed by atoms with Gasteiger partial charge in [-0.25, -0.2) is 13.8 Å². The fourth-order valence-corrected chi connectivity index (χ4v) is 9.84. The average molecular weight is 742 g/mol. The number of halogens is 2. The quantitative estimate of drug-likeness (QED) is 0.181. The number of benzene rings is 2. The minimum absolute atomic E-state index is 0.0553. The zero-order chi connectivity index (χ0) is 37.6. The second-order valence-electron chi connectivity index (χ2n) is 15.7. The summed E-state index contributed by atoms with van der Waals surface area (Å²) < 4.78 is 50.5. The van der Waals surface area contributed by atoms with Crippen LogP contribution in [0, 0.1) is 29.4 Å². The van der Waals surface area contributed by atoms with Gasteiger partial charge in [0.2, 0.25) is 5.88 Å². The number of likely N-dealkylation sites (tertiary alicyclic amines) is 1. The molecule has 2 N–H and O–H groups in total. The van der Waals surface area contributed by atoms with Crippen molar-refractivity contribution in [2.45, 2.75) is 95.2 Å². The fraction of sp³-hybridized carbons (Fsp3) is 0.548. The molecule has 2 aromatic heterocycles. The number of anilines is 1. The third kappa shape index (κ3) is 6.48. The molecule has 0 radical (unpaired) electrons. The van der Waals surface area contributed by atoms with Crippen LogP contribution in [0.1, 0.15) is 83.1 Å². The molecule has 2 saturated heterocycles. The van der Waals surface area contributed by atoms with E-state index in [-0.39, 0.29) is 56.2 Å². The van der Waals surface area contributed by atoms with Crippen molar-refractivity contribution in [2.75, 3.05) is 51.5 Å². The molecule has 4 heterocycles. The fourth-order valence-electron chi connectivity index (χ4n) is 9.84. The monoisotopic (exact) mass is 741 g/mol. The standard InChI is InChI=1S/C42H49F2N5O5/c1-4-29-31(43)11-10-26-23-28(50)24-30(33(26)29)36-35(44)37-34(39(45-36)52-3)38(48-18-8-21-53-22-20-48)47-40(46-37)54-25-41-14-6-9-32(41)49(19-7-15-41)27-12-16-42(51,5-2)17-13-27/h1,10-11,23-24,27,32,50-51H,5-9,12-22,25H2,2-3H3/t27?,32-,41-,42?/m1/s1. The highest BCUT2D eigenvalue weighted by Crippen LogP contribution is 2.50. The topological polar surface area (TPSA) is 113 Å². The second kappa shape index (κ2) is 14.7. The number of phenols is 1. The van der Waals surface area contributed by atoms with Crippen LogP contribution in [-0.4, -0.2) is 94.3 Å². The summed E-state index contributed by atoms with van der Waals surface area (Å²) in [6, 6.07) is 6.33. The van der Waals surface area contributed by atoms with E-state index in [4.69, 9.17) is 30.6 Å². The molecule has 10 nitrogen and oxygen atoms in total. The van der Waals surface area contributed by atoms with Gasteiger partial charge in [-0.2, -0.15) is 9.97 Å². The molecule has 2 aromatic carbocycles. The number of pyridine rings is 1. The SMILES string of the molecule is C#Cc1c(F)ccc2cc(O)cc(-c3nc(OC)c4c(N5CCCOCC5)nc(OC[C@]56CCC[C@H]5N(C5CCC(O)(CC)CC5)CCC6)nc4c3F)c12. The van der Waals surface area contributed by atoms with Crippen molar-refractivity contribution >= 4 is 27.5 Å². The summed E-state index contributed by atoms with van der Waals surface area (Å²) in [6.07, 6.45) is 16.3. The molecular weight excluding hydrogens is 692 g/mol. The van der Waals surface area contributed by atoms with Crippen molar-refractivity contribution in [3.63, 3.8) is 0 Å². The Labute approximate surface area is 314 Å². The van der Waals surface area contributed by atoms with E-state index in [0.29, 0.717) is 56.2 Å². The number of phenolic OH excluding ortho intramolecular Hbond substituents is 1. The van der Waals surface area contributed by atoms with Gasteiger partial charge in [-0.1, -0.05) is 25.3 Å². The van der Waals surface area contributed by atoms with Crippen molar-refractivity contribution in [2.24, 2.45) is 5.41 Å². The van der Waals surface area contributed by atoms with Crippen LogP contribution in [0.15, 0.2) is 24.3 Å². The lowest BCUT2D eigenvalue weighted by Crippen LogP contribution is -2.56. The van der Waals surface area contributed by atoms with Gasteiger partial charge < -0.3 is 29.3 Å². The van der Waals surface area contributed by atoms with Crippen LogP contribution in [0.3, 0.4) is 0 Å². The number of hydrogen-bond acceptors (Lipinski definition) is 10. The summed E-state index contributed by atoms with van der Waals surface area (Å²) in [7, 11) is 1.44. The summed E-state index contributed by atoms with van der Waals surface area (Å²) in [5.74, 6) is 1.30. The molecule has 54 heavy (non-hydrogen) atoms. The molecule has 0 bridgehead atoms. The van der Waals surface area contributed by atoms with E-state index in [2.05, 4.69) is 22.7 Å². The maximum absolute atomic E-state index is 17.3. The van der Waals surface area contributed by atoms with Crippen LogP contribution in [0.4, 0.5) is 14.6 Å². The van der Waals surface area contributed by atoms with Gasteiger partial charge in [-0.15, -0.1) is 6.42 Å². The number of methoxy groups -OCH3 is 1. The molecule has 2 atom stereocenters. The molecule has 4 aliphatic rings. The minimum atomic E-state index is -0.797. The largest absolute Gasteiger partial charge is 0.508 e. The zero-order valence-corrected chi connectivity index (χ0v) is 31.2. The summed E-state index contributed by atoms with van der Waals surface area (Å²) in [5, 5.41) is 22.6. The predicted octanol–water partition coefficient (Wildman–Crippen LogP) is 7.14. The van der Waals surface area contributed by atoms with Gasteiger partial charge in [0.1, 0.15) is 34.0 Å². The van der Waals surface area contributed by atoms with Gasteiger partial charge >= 0.3 is 6.01 Å². The summed E-state index contributed by atoms with van der Waals surface area (Å²) in [4.78, 5) is 19.0. The Balaban J connectivity index is 1.21. The minimum Gasteiger partial charge on any atom is -0.508 e. The first-order valence-electron chi connectivity index (χ1n) is 19.5. The number of rotatable bonds is 8. The summed E-state index contributed by atoms with van der Waals surface area (Å²) in [5.41, 5.74) is -0.863. The van der Waals surface area contributed by atoms with Crippen molar-refractivity contribution in [3.8, 4) is 41.2 Å². The van der Waals surface area contributed by atoms with Gasteiger partial charge in [0.25, 0.3) is 0 Å². The highest BCUT2D eigenvalue weighted by atomic mass is 19.1. The number of ether oxygens (including phenoxy) is 3. The Morgan fingerprint density at radius 1 is 0.981 bits per heavy atom. The maximum Gasteiger partial charge on any atom is 0.319 e. The van der Waals surface area contributed by atoms with Crippen LogP contribution in [0.2, 0.25) is 0 Å². The molecule has 0 amide bonds. The third-order valence-corrected chi connectivity index (χ3v) is 12.7. The van der Waals surface area contributed by atoms with Crippen molar-refractivity contribution in [3.05, 3.63) is 41.5 Å². The number of hydrogen-bond donors (Lipinski definition) is 2. The third-order valence-electron chi connectivity index (χ3n) is 12.7. The van der Waals surface area contributed by atoms with E-state index >= 15 is 8.78 Å². The van der Waals surface area contributed by atoms with Crippen LogP contribution in [0.25, 0.3) is 32.9 Å². The molecule has 286 valence electrons. The summed E-state index contributed by atoms with van der Waals surface area (Å²) >= 11 is 0. The molecule has 8 rings (SSSR count). The normalized spacial score (nSPS) is 26.4. The molecule has 2 aliphatic heterocycles. The Morgan fingerprint density at radius 2 is 1.80 bits per heavy atom. The molecule has 12 heteroatoms. The number of piperidine rings is 1. The van der Waals surface area contributed by atoms with E-state index in [1.54, 1.807) is 0 Å². The molecule has 0 spiro atoms. The smallest absolute Gasteiger partial charge is 0.319 e. The molecule has 2 aliphatic carbocycles. The molecule has 0 unspecified atom stereocenters. The first-order valence-corrected chi connectivity index (χ1v) is 19.5. The first kappa shape index (κ1) is 36.7. The molecule has 2 saturated carbocycles. The number of aromatic nitrogens is 3. The second-order valence-corrected chi connectivity index (χ2v) is 15.7. The lowest BCUT2D eigenvalue weighted by atomic mass is 9.73.